The molecule has 2 heterocycles. The van der Waals surface area contributed by atoms with E-state index >= 15 is 0 Å². The average Bonchev–Trinajstić information content (AvgIpc) is 3.24. The number of carbonyl (C=O) groups is 1. The van der Waals surface area contributed by atoms with Crippen molar-refractivity contribution in [3.05, 3.63) is 41.5 Å². The van der Waals surface area contributed by atoms with E-state index in [4.69, 9.17) is 9.26 Å². The number of aryl methyl sites for hydroxylation is 1. The Labute approximate surface area is 153 Å². The number of hydrogen-bond acceptors (Lipinski definition) is 5. The fourth-order valence-corrected chi connectivity index (χ4v) is 3.53. The van der Waals surface area contributed by atoms with E-state index in [1.54, 1.807) is 7.11 Å². The highest BCUT2D eigenvalue weighted by Gasteiger charge is 2.31. The lowest BCUT2D eigenvalue weighted by Crippen LogP contribution is -2.29. The molecular formula is C20H25N3O3. The highest BCUT2D eigenvalue weighted by atomic mass is 16.5. The summed E-state index contributed by atoms with van der Waals surface area (Å²) in [5.41, 5.74) is 1.16. The Balaban J connectivity index is 1.23. The van der Waals surface area contributed by atoms with Gasteiger partial charge >= 0.3 is 0 Å². The molecule has 1 aromatic heterocycles. The third-order valence-corrected chi connectivity index (χ3v) is 5.31. The minimum Gasteiger partial charge on any atom is -0.497 e. The Kier molecular flexibility index (Phi) is 4.91. The molecule has 4 rings (SSSR count). The Morgan fingerprint density at radius 1 is 1.27 bits per heavy atom. The van der Waals surface area contributed by atoms with Crippen LogP contribution in [0.2, 0.25) is 0 Å². The van der Waals surface area contributed by atoms with Gasteiger partial charge in [0.2, 0.25) is 11.8 Å². The van der Waals surface area contributed by atoms with Crippen molar-refractivity contribution >= 4 is 5.91 Å². The summed E-state index contributed by atoms with van der Waals surface area (Å²) >= 11 is 0. The van der Waals surface area contributed by atoms with E-state index in [0.717, 1.165) is 55.4 Å². The third-order valence-electron chi connectivity index (χ3n) is 5.31. The van der Waals surface area contributed by atoms with Crippen LogP contribution in [0.5, 0.6) is 5.75 Å². The van der Waals surface area contributed by atoms with Gasteiger partial charge in [0.25, 0.3) is 0 Å². The fourth-order valence-electron chi connectivity index (χ4n) is 3.53. The van der Waals surface area contributed by atoms with Crippen LogP contribution in [-0.4, -0.2) is 41.1 Å². The summed E-state index contributed by atoms with van der Waals surface area (Å²) in [6.07, 6.45) is 5.47. The van der Waals surface area contributed by atoms with Crippen molar-refractivity contribution < 1.29 is 14.1 Å². The zero-order valence-corrected chi connectivity index (χ0v) is 15.2. The standard InChI is InChI=1S/C20H25N3O3/c1-25-17-7-2-14(3-8-17)4-9-19(24)23-11-10-15(13-23)12-18-21-20(26-22-18)16-5-6-16/h2-3,7-8,15-16H,4-6,9-13H2,1H3. The molecule has 1 atom stereocenters. The molecule has 138 valence electrons. The van der Waals surface area contributed by atoms with Crippen LogP contribution in [-0.2, 0) is 17.6 Å². The van der Waals surface area contributed by atoms with Gasteiger partial charge in [0.05, 0.1) is 7.11 Å². The lowest BCUT2D eigenvalue weighted by atomic mass is 10.0. The summed E-state index contributed by atoms with van der Waals surface area (Å²) < 4.78 is 10.5. The van der Waals surface area contributed by atoms with Crippen LogP contribution in [0.4, 0.5) is 0 Å². The molecule has 0 spiro atoms. The molecule has 6 heteroatoms. The quantitative estimate of drug-likeness (QED) is 0.764. The van der Waals surface area contributed by atoms with Gasteiger partial charge < -0.3 is 14.2 Å². The van der Waals surface area contributed by atoms with Crippen LogP contribution >= 0.6 is 0 Å². The molecule has 1 saturated heterocycles. The minimum atomic E-state index is 0.232. The fraction of sp³-hybridized carbons (Fsp3) is 0.550. The van der Waals surface area contributed by atoms with E-state index in [9.17, 15) is 4.79 Å². The summed E-state index contributed by atoms with van der Waals surface area (Å²) in [5.74, 6) is 3.60. The highest BCUT2D eigenvalue weighted by Crippen LogP contribution is 2.39. The molecule has 1 saturated carbocycles. The number of likely N-dealkylation sites (tertiary alicyclic amines) is 1. The molecule has 2 aliphatic rings. The Bertz CT molecular complexity index is 752. The van der Waals surface area contributed by atoms with Gasteiger partial charge in [-0.2, -0.15) is 4.98 Å². The van der Waals surface area contributed by atoms with Crippen LogP contribution in [0.1, 0.15) is 48.9 Å². The second kappa shape index (κ2) is 7.48. The van der Waals surface area contributed by atoms with Gasteiger partial charge in [-0.05, 0) is 49.3 Å². The van der Waals surface area contributed by atoms with E-state index in [0.29, 0.717) is 18.3 Å². The van der Waals surface area contributed by atoms with Crippen LogP contribution in [0.15, 0.2) is 28.8 Å². The number of amides is 1. The summed E-state index contributed by atoms with van der Waals surface area (Å²) in [7, 11) is 1.66. The Morgan fingerprint density at radius 3 is 2.81 bits per heavy atom. The highest BCUT2D eigenvalue weighted by molar-refractivity contribution is 5.76. The maximum atomic E-state index is 12.5. The molecule has 1 aliphatic carbocycles. The second-order valence-electron chi connectivity index (χ2n) is 7.37. The lowest BCUT2D eigenvalue weighted by molar-refractivity contribution is -0.130. The number of nitrogens with zero attached hydrogens (tertiary/aromatic N) is 3. The molecule has 2 aromatic rings. The first-order valence-corrected chi connectivity index (χ1v) is 9.44. The normalized spacial score (nSPS) is 19.7. The molecule has 0 bridgehead atoms. The first-order chi connectivity index (χ1) is 12.7. The van der Waals surface area contributed by atoms with E-state index in [-0.39, 0.29) is 5.91 Å². The summed E-state index contributed by atoms with van der Waals surface area (Å²) in [5, 5.41) is 4.10. The molecule has 0 radical (unpaired) electrons. The second-order valence-corrected chi connectivity index (χ2v) is 7.37. The molecule has 1 unspecified atom stereocenters. The average molecular weight is 355 g/mol. The number of benzene rings is 1. The van der Waals surface area contributed by atoms with Gasteiger partial charge in [-0.1, -0.05) is 17.3 Å². The number of aromatic nitrogens is 2. The maximum absolute atomic E-state index is 12.5. The predicted octanol–water partition coefficient (Wildman–Crippen LogP) is 2.98. The number of methoxy groups -OCH3 is 1. The molecule has 1 amide bonds. The van der Waals surface area contributed by atoms with Crippen molar-refractivity contribution in [3.8, 4) is 5.75 Å². The number of carbonyl (C=O) groups excluding carboxylic acids is 1. The Morgan fingerprint density at radius 2 is 2.08 bits per heavy atom. The van der Waals surface area contributed by atoms with Crippen molar-refractivity contribution in [1.82, 2.24) is 15.0 Å². The Hall–Kier alpha value is -2.37. The smallest absolute Gasteiger partial charge is 0.229 e. The molecule has 0 N–H and O–H groups in total. The lowest BCUT2D eigenvalue weighted by Gasteiger charge is -2.16. The first-order valence-electron chi connectivity index (χ1n) is 9.44. The van der Waals surface area contributed by atoms with Crippen molar-refractivity contribution in [2.75, 3.05) is 20.2 Å². The van der Waals surface area contributed by atoms with Crippen LogP contribution < -0.4 is 4.74 Å². The minimum absolute atomic E-state index is 0.232. The molecule has 1 aliphatic heterocycles. The monoisotopic (exact) mass is 355 g/mol. The van der Waals surface area contributed by atoms with Gasteiger partial charge in [0, 0.05) is 31.8 Å². The van der Waals surface area contributed by atoms with Crippen molar-refractivity contribution in [1.29, 1.82) is 0 Å². The summed E-state index contributed by atoms with van der Waals surface area (Å²) in [6, 6.07) is 7.91. The zero-order valence-electron chi connectivity index (χ0n) is 15.2. The SMILES string of the molecule is COc1ccc(CCC(=O)N2CCC(Cc3noc(C4CC4)n3)C2)cc1. The molecular weight excluding hydrogens is 330 g/mol. The van der Waals surface area contributed by atoms with Gasteiger partial charge in [-0.3, -0.25) is 4.79 Å². The van der Waals surface area contributed by atoms with Gasteiger partial charge in [-0.25, -0.2) is 0 Å². The van der Waals surface area contributed by atoms with Crippen molar-refractivity contribution in [2.24, 2.45) is 5.92 Å². The van der Waals surface area contributed by atoms with Crippen molar-refractivity contribution in [3.63, 3.8) is 0 Å². The van der Waals surface area contributed by atoms with Crippen LogP contribution in [0.25, 0.3) is 0 Å². The molecule has 26 heavy (non-hydrogen) atoms. The number of rotatable bonds is 7. The van der Waals surface area contributed by atoms with Crippen molar-refractivity contribution in [2.45, 2.75) is 44.4 Å². The van der Waals surface area contributed by atoms with Gasteiger partial charge in [0.15, 0.2) is 5.82 Å². The van der Waals surface area contributed by atoms with Gasteiger partial charge in [-0.15, -0.1) is 0 Å². The number of hydrogen-bond donors (Lipinski definition) is 0. The van der Waals surface area contributed by atoms with Gasteiger partial charge in [0.1, 0.15) is 5.75 Å². The summed E-state index contributed by atoms with van der Waals surface area (Å²) in [4.78, 5) is 19.0. The molecule has 6 nitrogen and oxygen atoms in total. The predicted molar refractivity (Wildman–Crippen MR) is 96.0 cm³/mol. The summed E-state index contributed by atoms with van der Waals surface area (Å²) in [6.45, 7) is 1.63. The van der Waals surface area contributed by atoms with E-state index in [2.05, 4.69) is 10.1 Å². The largest absolute Gasteiger partial charge is 0.497 e. The molecule has 2 fully saturated rings. The maximum Gasteiger partial charge on any atom is 0.229 e. The van der Waals surface area contributed by atoms with E-state index in [1.165, 1.54) is 12.8 Å². The topological polar surface area (TPSA) is 68.5 Å². The van der Waals surface area contributed by atoms with E-state index < -0.39 is 0 Å². The first kappa shape index (κ1) is 17.1. The van der Waals surface area contributed by atoms with Crippen LogP contribution in [0.3, 0.4) is 0 Å². The molecule has 1 aromatic carbocycles. The van der Waals surface area contributed by atoms with E-state index in [1.807, 2.05) is 29.2 Å². The third kappa shape index (κ3) is 4.06. The van der Waals surface area contributed by atoms with Crippen LogP contribution in [0, 0.1) is 5.92 Å². The number of ether oxygens (including phenoxy) is 1. The zero-order chi connectivity index (χ0) is 17.9.